The van der Waals surface area contributed by atoms with Gasteiger partial charge in [-0.15, -0.1) is 6.58 Å². The van der Waals surface area contributed by atoms with E-state index < -0.39 is 21.3 Å². The third kappa shape index (κ3) is 5.05. The van der Waals surface area contributed by atoms with Crippen LogP contribution in [0, 0.1) is 12.8 Å². The highest BCUT2D eigenvalue weighted by molar-refractivity contribution is 7.90. The molecule has 0 aliphatic heterocycles. The number of sulfonamides is 1. The molecule has 2 aromatic heterocycles. The van der Waals surface area contributed by atoms with E-state index in [0.717, 1.165) is 29.6 Å². The van der Waals surface area contributed by atoms with Crippen molar-refractivity contribution in [2.24, 2.45) is 13.0 Å². The van der Waals surface area contributed by atoms with E-state index in [-0.39, 0.29) is 0 Å². The Labute approximate surface area is 198 Å². The van der Waals surface area contributed by atoms with Crippen LogP contribution in [-0.4, -0.2) is 40.6 Å². The summed E-state index contributed by atoms with van der Waals surface area (Å²) < 4.78 is 30.9. The first-order valence-corrected chi connectivity index (χ1v) is 12.5. The van der Waals surface area contributed by atoms with Crippen molar-refractivity contribution in [3.63, 3.8) is 0 Å². The van der Waals surface area contributed by atoms with Gasteiger partial charge in [-0.1, -0.05) is 17.7 Å². The summed E-state index contributed by atoms with van der Waals surface area (Å²) in [5.41, 5.74) is 2.33. The summed E-state index contributed by atoms with van der Waals surface area (Å²) >= 11 is 6.11. The zero-order chi connectivity index (χ0) is 23.8. The lowest BCUT2D eigenvalue weighted by Gasteiger charge is -2.15. The van der Waals surface area contributed by atoms with Gasteiger partial charge < -0.3 is 4.57 Å². The van der Waals surface area contributed by atoms with Crippen molar-refractivity contribution in [1.29, 1.82) is 0 Å². The minimum Gasteiger partial charge on any atom is -0.301 e. The van der Waals surface area contributed by atoms with Crippen LogP contribution in [0.25, 0.3) is 22.8 Å². The molecule has 2 N–H and O–H groups in total. The lowest BCUT2D eigenvalue weighted by atomic mass is 10.2. The molecule has 174 valence electrons. The third-order valence-electron chi connectivity index (χ3n) is 5.61. The Bertz CT molecular complexity index is 1350. The Balaban J connectivity index is 1.57. The molecule has 0 saturated heterocycles. The number of amides is 1. The molecule has 1 atom stereocenters. The maximum absolute atomic E-state index is 12.6. The van der Waals surface area contributed by atoms with E-state index in [9.17, 15) is 13.2 Å². The molecule has 1 amide bonds. The Morgan fingerprint density at radius 3 is 2.82 bits per heavy atom. The smallest absolute Gasteiger partial charge is 0.257 e. The summed E-state index contributed by atoms with van der Waals surface area (Å²) in [4.78, 5) is 12.5. The van der Waals surface area contributed by atoms with Crippen LogP contribution in [0.3, 0.4) is 0 Å². The van der Waals surface area contributed by atoms with Gasteiger partial charge >= 0.3 is 0 Å². The summed E-state index contributed by atoms with van der Waals surface area (Å²) in [5.74, 6) is 0.492. The molecule has 2 heterocycles. The number of hydrogen-bond donors (Lipinski definition) is 2. The summed E-state index contributed by atoms with van der Waals surface area (Å²) in [6, 6.07) is 7.54. The second kappa shape index (κ2) is 9.17. The minimum absolute atomic E-state index is 0.492. The maximum Gasteiger partial charge on any atom is 0.257 e. The number of aryl methyl sites for hydroxylation is 2. The molecule has 4 rings (SSSR count). The molecule has 1 aliphatic rings. The van der Waals surface area contributed by atoms with Crippen LogP contribution in [0.15, 0.2) is 49.2 Å². The first-order valence-electron chi connectivity index (χ1n) is 10.6. The number of benzene rings is 1. The van der Waals surface area contributed by atoms with Crippen LogP contribution in [0.2, 0.25) is 5.02 Å². The van der Waals surface area contributed by atoms with Crippen LogP contribution >= 0.6 is 11.6 Å². The van der Waals surface area contributed by atoms with E-state index in [1.165, 1.54) is 12.2 Å². The molecule has 3 aromatic rings. The largest absolute Gasteiger partial charge is 0.301 e. The monoisotopic (exact) mass is 487 g/mol. The van der Waals surface area contributed by atoms with E-state index in [4.69, 9.17) is 11.6 Å². The van der Waals surface area contributed by atoms with Gasteiger partial charge in [-0.3, -0.25) is 14.8 Å². The lowest BCUT2D eigenvalue weighted by Crippen LogP contribution is -2.44. The summed E-state index contributed by atoms with van der Waals surface area (Å²) in [6.45, 7) is 5.99. The normalized spacial score (nSPS) is 15.2. The van der Waals surface area contributed by atoms with E-state index in [2.05, 4.69) is 21.7 Å². The fourth-order valence-corrected chi connectivity index (χ4v) is 4.99. The Hall–Kier alpha value is -2.88. The van der Waals surface area contributed by atoms with Gasteiger partial charge in [-0.05, 0) is 62.6 Å². The predicted molar refractivity (Wildman–Crippen MR) is 131 cm³/mol. The first-order chi connectivity index (χ1) is 15.7. The van der Waals surface area contributed by atoms with Crippen molar-refractivity contribution in [3.8, 4) is 5.82 Å². The van der Waals surface area contributed by atoms with Crippen molar-refractivity contribution in [2.75, 3.05) is 6.54 Å². The second-order valence-corrected chi connectivity index (χ2v) is 10.4. The molecule has 1 unspecified atom stereocenters. The van der Waals surface area contributed by atoms with E-state index >= 15 is 0 Å². The number of fused-ring (bicyclic) bond motifs is 1. The Kier molecular flexibility index (Phi) is 6.47. The van der Waals surface area contributed by atoms with Crippen molar-refractivity contribution in [2.45, 2.75) is 25.1 Å². The van der Waals surface area contributed by atoms with Gasteiger partial charge in [-0.25, -0.2) is 13.1 Å². The van der Waals surface area contributed by atoms with Crippen LogP contribution in [0.1, 0.15) is 24.1 Å². The predicted octanol–water partition coefficient (Wildman–Crippen LogP) is 3.30. The van der Waals surface area contributed by atoms with Crippen molar-refractivity contribution in [3.05, 3.63) is 65.5 Å². The molecule has 33 heavy (non-hydrogen) atoms. The number of nitrogens with zero attached hydrogens (tertiary/aromatic N) is 3. The highest BCUT2D eigenvalue weighted by Crippen LogP contribution is 2.28. The van der Waals surface area contributed by atoms with Crippen molar-refractivity contribution >= 4 is 44.5 Å². The highest BCUT2D eigenvalue weighted by Gasteiger charge is 2.27. The molecular formula is C23H26ClN5O3S. The van der Waals surface area contributed by atoms with E-state index in [1.807, 2.05) is 49.0 Å². The minimum atomic E-state index is -3.95. The molecular weight excluding hydrogens is 462 g/mol. The quantitative estimate of drug-likeness (QED) is 0.356. The molecule has 0 bridgehead atoms. The van der Waals surface area contributed by atoms with Crippen LogP contribution in [0.4, 0.5) is 0 Å². The summed E-state index contributed by atoms with van der Waals surface area (Å²) in [6.07, 6.45) is 8.14. The Morgan fingerprint density at radius 2 is 2.12 bits per heavy atom. The van der Waals surface area contributed by atoms with Gasteiger partial charge in [0.15, 0.2) is 0 Å². The van der Waals surface area contributed by atoms with Gasteiger partial charge in [0.25, 0.3) is 15.9 Å². The van der Waals surface area contributed by atoms with E-state index in [1.54, 1.807) is 10.8 Å². The molecule has 0 radical (unpaired) electrons. The van der Waals surface area contributed by atoms with Crippen molar-refractivity contribution < 1.29 is 13.2 Å². The molecule has 8 nitrogen and oxygen atoms in total. The van der Waals surface area contributed by atoms with Crippen LogP contribution in [-0.2, 0) is 21.9 Å². The highest BCUT2D eigenvalue weighted by atomic mass is 35.5. The molecule has 10 heteroatoms. The zero-order valence-electron chi connectivity index (χ0n) is 18.5. The third-order valence-corrected chi connectivity index (χ3v) is 7.36. The first kappa shape index (κ1) is 23.3. The summed E-state index contributed by atoms with van der Waals surface area (Å²) in [5, 5.41) is 7.99. The zero-order valence-corrected chi connectivity index (χ0v) is 20.0. The van der Waals surface area contributed by atoms with Gasteiger partial charge in [0.1, 0.15) is 11.2 Å². The number of hydrogen-bond acceptors (Lipinski definition) is 5. The second-order valence-electron chi connectivity index (χ2n) is 8.19. The Morgan fingerprint density at radius 1 is 1.36 bits per heavy atom. The summed E-state index contributed by atoms with van der Waals surface area (Å²) in [7, 11) is -2.14. The lowest BCUT2D eigenvalue weighted by molar-refractivity contribution is -0.114. The van der Waals surface area contributed by atoms with Crippen LogP contribution in [0.5, 0.6) is 0 Å². The van der Waals surface area contributed by atoms with Crippen molar-refractivity contribution in [1.82, 2.24) is 24.4 Å². The van der Waals surface area contributed by atoms with Crippen LogP contribution < -0.4 is 10.0 Å². The van der Waals surface area contributed by atoms with Gasteiger partial charge in [0, 0.05) is 35.3 Å². The molecule has 0 spiro atoms. The van der Waals surface area contributed by atoms with E-state index in [0.29, 0.717) is 28.7 Å². The fraction of sp³-hybridized carbons (Fsp3) is 0.304. The van der Waals surface area contributed by atoms with Gasteiger partial charge in [0.05, 0.1) is 11.2 Å². The molecule has 1 aromatic carbocycles. The average molecular weight is 488 g/mol. The van der Waals surface area contributed by atoms with Gasteiger partial charge in [0.2, 0.25) is 0 Å². The number of halogens is 1. The number of nitrogens with one attached hydrogen (secondary N) is 2. The number of rotatable bonds is 9. The SMILES string of the molecule is C=CC(NCC1CC1)S(=O)(=O)NC(=O)/C=C/c1c(C)nn(C)c1-n1ccc2cc(Cl)ccc21. The topological polar surface area (TPSA) is 98.0 Å². The molecule has 1 fully saturated rings. The molecule has 1 saturated carbocycles. The fourth-order valence-electron chi connectivity index (χ4n) is 3.76. The number of carbonyl (C=O) groups excluding carboxylic acids is 1. The van der Waals surface area contributed by atoms with Gasteiger partial charge in [-0.2, -0.15) is 5.10 Å². The maximum atomic E-state index is 12.6. The average Bonchev–Trinajstić information content (AvgIpc) is 3.41. The number of aromatic nitrogens is 3. The standard InChI is InChI=1S/C23H26ClN5O3S/c1-4-22(25-14-16-5-6-16)33(31,32)27-21(30)10-8-19-15(2)26-28(3)23(19)29-12-11-17-13-18(24)7-9-20(17)29/h4,7-13,16,22,25H,1,5-6,14H2,2-3H3,(H,27,30)/b10-8+. The number of carbonyl (C=O) groups is 1. The molecule has 1 aliphatic carbocycles.